The Labute approximate surface area is 147 Å². The largest absolute Gasteiger partial charge is 0.274 e. The maximum Gasteiger partial charge on any atom is 0.237 e. The number of nitrogens with zero attached hydrogens (tertiary/aromatic N) is 2. The summed E-state index contributed by atoms with van der Waals surface area (Å²) in [4.78, 5) is 19.1. The molecule has 0 fully saturated rings. The fourth-order valence-electron chi connectivity index (χ4n) is 2.28. The van der Waals surface area contributed by atoms with Crippen molar-refractivity contribution in [2.45, 2.75) is 13.3 Å². The summed E-state index contributed by atoms with van der Waals surface area (Å²) in [5.41, 5.74) is 2.72. The molecule has 0 spiro atoms. The normalized spacial score (nSPS) is 10.5. The molecule has 1 aromatic heterocycles. The first-order chi connectivity index (χ1) is 11.1. The number of hydrogen-bond acceptors (Lipinski definition) is 3. The fraction of sp³-hybridized carbons (Fsp3) is 0.111. The Kier molecular flexibility index (Phi) is 4.88. The number of carbonyl (C=O) groups excluding carboxylic acids is 1. The van der Waals surface area contributed by atoms with Gasteiger partial charge in [0.1, 0.15) is 0 Å². The summed E-state index contributed by atoms with van der Waals surface area (Å²) in [6, 6.07) is 17.5. The molecule has 0 saturated heterocycles. The Morgan fingerprint density at radius 1 is 1.17 bits per heavy atom. The number of benzene rings is 2. The van der Waals surface area contributed by atoms with Gasteiger partial charge in [-0.3, -0.25) is 9.69 Å². The highest BCUT2D eigenvalue weighted by Crippen LogP contribution is 2.29. The number of aromatic nitrogens is 1. The van der Waals surface area contributed by atoms with Crippen molar-refractivity contribution >= 4 is 44.0 Å². The molecule has 1 heterocycles. The van der Waals surface area contributed by atoms with Crippen LogP contribution in [-0.2, 0) is 11.2 Å². The molecule has 2 aromatic carbocycles. The minimum absolute atomic E-state index is 0.00338. The third-order valence-electron chi connectivity index (χ3n) is 3.31. The standard InChI is InChI=1S/C18H15BrN2OS/c1-13-12-23-18(20-13)21(16-8-3-2-4-9-16)17(22)11-14-6-5-7-15(19)10-14/h2-10,12H,11H2,1H3. The summed E-state index contributed by atoms with van der Waals surface area (Å²) in [6.07, 6.45) is 0.326. The second-order valence-electron chi connectivity index (χ2n) is 5.14. The number of para-hydroxylation sites is 1. The van der Waals surface area contributed by atoms with E-state index in [4.69, 9.17) is 0 Å². The van der Waals surface area contributed by atoms with Crippen LogP contribution < -0.4 is 4.90 Å². The Morgan fingerprint density at radius 3 is 2.61 bits per heavy atom. The van der Waals surface area contributed by atoms with Crippen molar-refractivity contribution in [2.75, 3.05) is 4.90 Å². The summed E-state index contributed by atoms with van der Waals surface area (Å²) in [5, 5.41) is 2.66. The highest BCUT2D eigenvalue weighted by Gasteiger charge is 2.21. The van der Waals surface area contributed by atoms with Crippen LogP contribution in [-0.4, -0.2) is 10.9 Å². The van der Waals surface area contributed by atoms with E-state index in [1.165, 1.54) is 11.3 Å². The molecule has 0 aliphatic rings. The summed E-state index contributed by atoms with van der Waals surface area (Å²) >= 11 is 4.93. The monoisotopic (exact) mass is 386 g/mol. The lowest BCUT2D eigenvalue weighted by Gasteiger charge is -2.20. The van der Waals surface area contributed by atoms with Crippen LogP contribution in [0, 0.1) is 6.92 Å². The zero-order valence-electron chi connectivity index (χ0n) is 12.6. The van der Waals surface area contributed by atoms with E-state index < -0.39 is 0 Å². The molecule has 23 heavy (non-hydrogen) atoms. The van der Waals surface area contributed by atoms with Crippen LogP contribution in [0.1, 0.15) is 11.3 Å². The third-order valence-corrected chi connectivity index (χ3v) is 4.74. The van der Waals surface area contributed by atoms with Crippen molar-refractivity contribution < 1.29 is 4.79 Å². The van der Waals surface area contributed by atoms with Crippen molar-refractivity contribution in [3.8, 4) is 0 Å². The molecular weight excluding hydrogens is 372 g/mol. The zero-order valence-corrected chi connectivity index (χ0v) is 15.0. The zero-order chi connectivity index (χ0) is 16.2. The van der Waals surface area contributed by atoms with Gasteiger partial charge in [-0.05, 0) is 36.8 Å². The fourth-order valence-corrected chi connectivity index (χ4v) is 3.57. The van der Waals surface area contributed by atoms with Gasteiger partial charge in [0.2, 0.25) is 5.91 Å². The molecule has 1 amide bonds. The van der Waals surface area contributed by atoms with Crippen LogP contribution in [0.4, 0.5) is 10.8 Å². The average Bonchev–Trinajstić information content (AvgIpc) is 2.94. The van der Waals surface area contributed by atoms with Gasteiger partial charge in [0.25, 0.3) is 0 Å². The van der Waals surface area contributed by atoms with Crippen molar-refractivity contribution in [2.24, 2.45) is 0 Å². The second kappa shape index (κ2) is 7.06. The summed E-state index contributed by atoms with van der Waals surface area (Å²) in [7, 11) is 0. The maximum atomic E-state index is 12.9. The second-order valence-corrected chi connectivity index (χ2v) is 6.90. The molecule has 3 rings (SSSR count). The quantitative estimate of drug-likeness (QED) is 0.623. The molecule has 0 N–H and O–H groups in total. The summed E-state index contributed by atoms with van der Waals surface area (Å²) in [6.45, 7) is 1.93. The molecule has 0 aliphatic heterocycles. The number of rotatable bonds is 4. The molecule has 0 aliphatic carbocycles. The Bertz CT molecular complexity index is 817. The number of thiazole rings is 1. The molecule has 0 radical (unpaired) electrons. The van der Waals surface area contributed by atoms with E-state index in [-0.39, 0.29) is 5.91 Å². The lowest BCUT2D eigenvalue weighted by atomic mass is 10.1. The van der Waals surface area contributed by atoms with E-state index in [2.05, 4.69) is 20.9 Å². The molecule has 5 heteroatoms. The number of aryl methyl sites for hydroxylation is 1. The van der Waals surface area contributed by atoms with E-state index in [0.717, 1.165) is 21.4 Å². The van der Waals surface area contributed by atoms with E-state index in [1.54, 1.807) is 4.90 Å². The number of halogens is 1. The van der Waals surface area contributed by atoms with Crippen molar-refractivity contribution in [1.82, 2.24) is 4.98 Å². The first kappa shape index (κ1) is 15.9. The van der Waals surface area contributed by atoms with E-state index in [0.29, 0.717) is 11.6 Å². The van der Waals surface area contributed by atoms with Gasteiger partial charge in [0.05, 0.1) is 17.8 Å². The van der Waals surface area contributed by atoms with Gasteiger partial charge >= 0.3 is 0 Å². The highest BCUT2D eigenvalue weighted by atomic mass is 79.9. The number of carbonyl (C=O) groups is 1. The minimum Gasteiger partial charge on any atom is -0.274 e. The van der Waals surface area contributed by atoms with Gasteiger partial charge in [-0.1, -0.05) is 46.3 Å². The average molecular weight is 387 g/mol. The summed E-state index contributed by atoms with van der Waals surface area (Å²) < 4.78 is 0.971. The van der Waals surface area contributed by atoms with Crippen LogP contribution in [0.3, 0.4) is 0 Å². The molecular formula is C18H15BrN2OS. The maximum absolute atomic E-state index is 12.9. The van der Waals surface area contributed by atoms with Crippen molar-refractivity contribution in [3.05, 3.63) is 75.7 Å². The molecule has 116 valence electrons. The SMILES string of the molecule is Cc1csc(N(C(=O)Cc2cccc(Br)c2)c2ccccc2)n1. The van der Waals surface area contributed by atoms with Crippen LogP contribution in [0.2, 0.25) is 0 Å². The molecule has 0 saturated carbocycles. The van der Waals surface area contributed by atoms with E-state index in [1.807, 2.05) is 66.9 Å². The van der Waals surface area contributed by atoms with Gasteiger partial charge in [0.15, 0.2) is 5.13 Å². The van der Waals surface area contributed by atoms with Crippen LogP contribution >= 0.6 is 27.3 Å². The van der Waals surface area contributed by atoms with Gasteiger partial charge in [-0.25, -0.2) is 4.98 Å². The number of amides is 1. The lowest BCUT2D eigenvalue weighted by molar-refractivity contribution is -0.117. The smallest absolute Gasteiger partial charge is 0.237 e. The van der Waals surface area contributed by atoms with Gasteiger partial charge in [-0.2, -0.15) is 0 Å². The number of hydrogen-bond donors (Lipinski definition) is 0. The Morgan fingerprint density at radius 2 is 1.96 bits per heavy atom. The van der Waals surface area contributed by atoms with Crippen LogP contribution in [0.5, 0.6) is 0 Å². The van der Waals surface area contributed by atoms with Crippen molar-refractivity contribution in [1.29, 1.82) is 0 Å². The predicted octanol–water partition coefficient (Wildman–Crippen LogP) is 5.12. The molecule has 0 unspecified atom stereocenters. The van der Waals surface area contributed by atoms with Gasteiger partial charge < -0.3 is 0 Å². The van der Waals surface area contributed by atoms with Crippen LogP contribution in [0.25, 0.3) is 0 Å². The molecule has 0 atom stereocenters. The molecule has 3 nitrogen and oxygen atoms in total. The molecule has 3 aromatic rings. The topological polar surface area (TPSA) is 33.2 Å². The van der Waals surface area contributed by atoms with E-state index >= 15 is 0 Å². The van der Waals surface area contributed by atoms with E-state index in [9.17, 15) is 4.79 Å². The molecule has 0 bridgehead atoms. The number of anilines is 2. The Hall–Kier alpha value is -1.98. The first-order valence-corrected chi connectivity index (χ1v) is 8.85. The minimum atomic E-state index is 0.00338. The lowest BCUT2D eigenvalue weighted by Crippen LogP contribution is -2.27. The highest BCUT2D eigenvalue weighted by molar-refractivity contribution is 9.10. The first-order valence-electron chi connectivity index (χ1n) is 7.18. The summed E-state index contributed by atoms with van der Waals surface area (Å²) in [5.74, 6) is 0.00338. The predicted molar refractivity (Wildman–Crippen MR) is 98.3 cm³/mol. The van der Waals surface area contributed by atoms with Crippen molar-refractivity contribution in [3.63, 3.8) is 0 Å². The van der Waals surface area contributed by atoms with Gasteiger partial charge in [-0.15, -0.1) is 11.3 Å². The third kappa shape index (κ3) is 3.86. The van der Waals surface area contributed by atoms with Crippen LogP contribution in [0.15, 0.2) is 64.5 Å². The van der Waals surface area contributed by atoms with Gasteiger partial charge in [0, 0.05) is 9.85 Å². The Balaban J connectivity index is 1.93.